The first-order valence-electron chi connectivity index (χ1n) is 3.75. The molecule has 0 spiro atoms. The molecule has 0 radical (unpaired) electrons. The summed E-state index contributed by atoms with van der Waals surface area (Å²) in [6.45, 7) is 4.49. The molecule has 0 aromatic heterocycles. The van der Waals surface area contributed by atoms with E-state index in [1.54, 1.807) is 0 Å². The Hall–Kier alpha value is 2.77. The van der Waals surface area contributed by atoms with E-state index in [1.165, 1.54) is 32.1 Å². The minimum atomic E-state index is 0. The van der Waals surface area contributed by atoms with Crippen LogP contribution in [0.1, 0.15) is 60.8 Å². The molecule has 0 amide bonds. The van der Waals surface area contributed by atoms with Crippen molar-refractivity contribution in [3.63, 3.8) is 0 Å². The number of hydrogen-bond donors (Lipinski definition) is 0. The van der Waals surface area contributed by atoms with E-state index in [-0.39, 0.29) is 46.3 Å². The van der Waals surface area contributed by atoms with Crippen molar-refractivity contribution in [1.82, 2.24) is 0 Å². The molecule has 0 N–H and O–H groups in total. The molecular weight excluding hydrogens is 552 g/mol. The number of unbranched alkanes of at least 4 members (excludes halogenated alkanes) is 4. The topological polar surface area (TPSA) is 0 Å². The van der Waals surface area contributed by atoms with E-state index < -0.39 is 0 Å². The molecule has 0 saturated carbocycles. The molecule has 0 saturated heterocycles. The summed E-state index contributed by atoms with van der Waals surface area (Å²) < 4.78 is 0. The molecule has 0 bridgehead atoms. The van der Waals surface area contributed by atoms with Gasteiger partial charge in [0.1, 0.15) is 0 Å². The first kappa shape index (κ1) is 36.0. The van der Waals surface area contributed by atoms with Crippen LogP contribution in [-0.4, -0.2) is 0 Å². The second kappa shape index (κ2) is 44.7. The van der Waals surface area contributed by atoms with E-state index in [2.05, 4.69) is 53.8 Å². The fourth-order valence-electron chi connectivity index (χ4n) is 0.677. The van der Waals surface area contributed by atoms with Crippen LogP contribution in [-0.2, 0) is 9.47 Å². The van der Waals surface area contributed by atoms with Gasteiger partial charge in [0.15, 0.2) is 0 Å². The van der Waals surface area contributed by atoms with E-state index in [9.17, 15) is 0 Å². The first-order chi connectivity index (χ1) is 4.83. The monoisotopic (exact) mass is 580 g/mol. The summed E-state index contributed by atoms with van der Waals surface area (Å²) in [6.07, 6.45) is 7.01. The molecule has 0 heterocycles. The van der Waals surface area contributed by atoms with Crippen molar-refractivity contribution in [3.8, 4) is 0 Å². The molecular formula is C10H28I3V-. The van der Waals surface area contributed by atoms with Gasteiger partial charge in [0.05, 0.1) is 0 Å². The van der Waals surface area contributed by atoms with Gasteiger partial charge in [-0.1, -0.05) is 60.8 Å². The molecule has 0 nitrogen and oxygen atoms in total. The average molecular weight is 580 g/mol. The van der Waals surface area contributed by atoms with Crippen LogP contribution >= 0.6 is 63.9 Å². The Morgan fingerprint density at radius 2 is 1.07 bits per heavy atom. The Labute approximate surface area is 139 Å². The molecule has 0 aromatic carbocycles. The third-order valence-corrected chi connectivity index (χ3v) is 1.21. The Kier molecular flexibility index (Phi) is 115. The molecule has 95 valence electrons. The summed E-state index contributed by atoms with van der Waals surface area (Å²) >= 11 is 4.74. The van der Waals surface area contributed by atoms with Crippen LogP contribution in [0.3, 0.4) is 0 Å². The second-order valence-electron chi connectivity index (χ2n) is 2.12. The molecule has 0 fully saturated rings. The van der Waals surface area contributed by atoms with Crippen LogP contribution in [0.2, 0.25) is 0 Å². The average Bonchev–Trinajstić information content (AvgIpc) is 1.91. The van der Waals surface area contributed by atoms with E-state index in [0.29, 0.717) is 9.47 Å². The van der Waals surface area contributed by atoms with Crippen LogP contribution in [0.15, 0.2) is 0 Å². The van der Waals surface area contributed by atoms with E-state index in [0.717, 1.165) is 0 Å². The third-order valence-electron chi connectivity index (χ3n) is 1.21. The maximum absolute atomic E-state index is 2.37. The molecule has 0 aliphatic carbocycles. The Morgan fingerprint density at radius 3 is 1.21 bits per heavy atom. The quantitative estimate of drug-likeness (QED) is 0.190. The van der Waals surface area contributed by atoms with Crippen molar-refractivity contribution in [3.05, 3.63) is 7.43 Å². The van der Waals surface area contributed by atoms with Gasteiger partial charge in [-0.3, -0.25) is 0 Å². The van der Waals surface area contributed by atoms with Crippen LogP contribution in [0.25, 0.3) is 0 Å². The second-order valence-corrected chi connectivity index (χ2v) is 13.9. The van der Waals surface area contributed by atoms with Gasteiger partial charge in [0.25, 0.3) is 0 Å². The summed E-state index contributed by atoms with van der Waals surface area (Å²) in [5.41, 5.74) is 0. The van der Waals surface area contributed by atoms with Crippen LogP contribution in [0.4, 0.5) is 0 Å². The molecule has 4 heteroatoms. The Morgan fingerprint density at radius 1 is 0.857 bits per heavy atom. The minimum absolute atomic E-state index is 0. The first-order valence-corrected chi connectivity index (χ1v) is 12.8. The molecule has 0 aromatic rings. The van der Waals surface area contributed by atoms with Gasteiger partial charge in [-0.2, -0.15) is 0 Å². The van der Waals surface area contributed by atoms with Crippen LogP contribution in [0.5, 0.6) is 0 Å². The predicted molar refractivity (Wildman–Crippen MR) is 97.8 cm³/mol. The van der Waals surface area contributed by atoms with Gasteiger partial charge >= 0.3 is 49.4 Å². The van der Waals surface area contributed by atoms with Crippen molar-refractivity contribution in [2.24, 2.45) is 0 Å². The molecule has 14 heavy (non-hydrogen) atoms. The molecule has 0 unspecified atom stereocenters. The zero-order valence-corrected chi connectivity index (χ0v) is 16.2. The standard InChI is InChI=1S/C7H16.2CH4.CH3.3HI.V/c1-3-5-7-6-4-2;;;;;;;/h3-7H2,1-2H3;2*1H4;1H3;3*1H;/q;;;-1;;;;+2/p-2. The maximum atomic E-state index is 2.37. The Balaban J connectivity index is -0.0000000208. The van der Waals surface area contributed by atoms with Crippen molar-refractivity contribution < 1.29 is 9.47 Å². The number of hydrogen-bond acceptors (Lipinski definition) is 0. The fourth-order valence-corrected chi connectivity index (χ4v) is 0.677. The molecule has 0 aliphatic heterocycles. The molecule has 0 aliphatic rings. The van der Waals surface area contributed by atoms with Crippen molar-refractivity contribution in [2.75, 3.05) is 0 Å². The molecule has 0 atom stereocenters. The zero-order valence-electron chi connectivity index (χ0n) is 8.15. The van der Waals surface area contributed by atoms with Crippen LogP contribution in [0, 0.1) is 7.43 Å². The SMILES string of the molecule is C.C.CCCCCCC.I.[CH3-].[I][V][I]. The van der Waals surface area contributed by atoms with Gasteiger partial charge in [0.2, 0.25) is 0 Å². The normalized spacial score (nSPS) is 5.71. The van der Waals surface area contributed by atoms with E-state index in [1.807, 2.05) is 0 Å². The fraction of sp³-hybridized carbons (Fsp3) is 0.900. The van der Waals surface area contributed by atoms with Gasteiger partial charge in [-0.05, 0) is 0 Å². The Bertz CT molecular complexity index is 42.3. The van der Waals surface area contributed by atoms with Crippen molar-refractivity contribution >= 4 is 63.9 Å². The van der Waals surface area contributed by atoms with Crippen molar-refractivity contribution in [1.29, 1.82) is 0 Å². The predicted octanol–water partition coefficient (Wildman–Crippen LogP) is 7.09. The molecule has 0 rings (SSSR count). The van der Waals surface area contributed by atoms with Gasteiger partial charge in [-0.25, -0.2) is 0 Å². The summed E-state index contributed by atoms with van der Waals surface area (Å²) in [5, 5.41) is 0. The number of halogens is 3. The summed E-state index contributed by atoms with van der Waals surface area (Å²) in [6, 6.07) is 0. The van der Waals surface area contributed by atoms with E-state index >= 15 is 0 Å². The van der Waals surface area contributed by atoms with Gasteiger partial charge < -0.3 is 7.43 Å². The number of rotatable bonds is 4. The third kappa shape index (κ3) is 61.1. The zero-order chi connectivity index (χ0) is 8.24. The van der Waals surface area contributed by atoms with E-state index in [4.69, 9.17) is 0 Å². The van der Waals surface area contributed by atoms with Gasteiger partial charge in [0, 0.05) is 0 Å². The summed E-state index contributed by atoms with van der Waals surface area (Å²) in [4.78, 5) is 0. The summed E-state index contributed by atoms with van der Waals surface area (Å²) in [5.74, 6) is 0. The van der Waals surface area contributed by atoms with Gasteiger partial charge in [-0.15, -0.1) is 24.0 Å². The van der Waals surface area contributed by atoms with Crippen molar-refractivity contribution in [2.45, 2.75) is 60.8 Å². The summed E-state index contributed by atoms with van der Waals surface area (Å²) in [7, 11) is 0.628. The van der Waals surface area contributed by atoms with Crippen LogP contribution < -0.4 is 0 Å².